The van der Waals surface area contributed by atoms with Crippen molar-refractivity contribution >= 4 is 5.91 Å². The second-order valence-electron chi connectivity index (χ2n) is 4.75. The molecule has 2 fully saturated rings. The number of ether oxygens (including phenoxy) is 1. The molecule has 2 N–H and O–H groups in total. The molecule has 0 radical (unpaired) electrons. The first kappa shape index (κ1) is 10.9. The molecule has 1 aliphatic heterocycles. The third-order valence-corrected chi connectivity index (χ3v) is 3.15. The fourth-order valence-corrected chi connectivity index (χ4v) is 2.20. The van der Waals surface area contributed by atoms with Gasteiger partial charge < -0.3 is 15.4 Å². The van der Waals surface area contributed by atoms with Crippen LogP contribution in [0.3, 0.4) is 0 Å². The molecule has 1 aliphatic carbocycles. The van der Waals surface area contributed by atoms with Gasteiger partial charge in [-0.2, -0.15) is 0 Å². The minimum absolute atomic E-state index is 0.0415. The Morgan fingerprint density at radius 3 is 2.93 bits per heavy atom. The molecule has 1 heterocycles. The minimum Gasteiger partial charge on any atom is -0.377 e. The van der Waals surface area contributed by atoms with Crippen LogP contribution in [0.5, 0.6) is 0 Å². The van der Waals surface area contributed by atoms with E-state index in [-0.39, 0.29) is 11.9 Å². The van der Waals surface area contributed by atoms with Gasteiger partial charge in [-0.05, 0) is 25.7 Å². The summed E-state index contributed by atoms with van der Waals surface area (Å²) in [5.41, 5.74) is 5.66. The Balaban J connectivity index is 1.94. The maximum atomic E-state index is 11.9. The fourth-order valence-electron chi connectivity index (χ4n) is 2.20. The van der Waals surface area contributed by atoms with Crippen molar-refractivity contribution in [1.82, 2.24) is 4.90 Å². The predicted molar refractivity (Wildman–Crippen MR) is 57.3 cm³/mol. The Morgan fingerprint density at radius 1 is 1.60 bits per heavy atom. The minimum atomic E-state index is -0.0415. The lowest BCUT2D eigenvalue weighted by atomic mass is 10.1. The van der Waals surface area contributed by atoms with Crippen molar-refractivity contribution in [2.24, 2.45) is 11.7 Å². The van der Waals surface area contributed by atoms with Crippen molar-refractivity contribution in [3.05, 3.63) is 0 Å². The van der Waals surface area contributed by atoms with Crippen LogP contribution in [-0.4, -0.2) is 42.6 Å². The number of carbonyl (C=O) groups is 1. The van der Waals surface area contributed by atoms with Crippen LogP contribution in [0.2, 0.25) is 0 Å². The van der Waals surface area contributed by atoms with Crippen LogP contribution in [0.4, 0.5) is 0 Å². The van der Waals surface area contributed by atoms with E-state index in [1.54, 1.807) is 0 Å². The Labute approximate surface area is 90.8 Å². The van der Waals surface area contributed by atoms with Crippen LogP contribution in [-0.2, 0) is 9.53 Å². The van der Waals surface area contributed by atoms with Crippen molar-refractivity contribution in [2.75, 3.05) is 19.8 Å². The van der Waals surface area contributed by atoms with E-state index in [4.69, 9.17) is 10.5 Å². The Bertz CT molecular complexity index is 239. The molecule has 86 valence electrons. The van der Waals surface area contributed by atoms with E-state index in [1.807, 2.05) is 11.8 Å². The third kappa shape index (κ3) is 2.69. The summed E-state index contributed by atoms with van der Waals surface area (Å²) in [6, 6.07) is 0.283. The van der Waals surface area contributed by atoms with E-state index in [1.165, 1.54) is 12.8 Å². The summed E-state index contributed by atoms with van der Waals surface area (Å²) in [5, 5.41) is 0. The van der Waals surface area contributed by atoms with Crippen LogP contribution in [0, 0.1) is 5.92 Å². The number of amides is 1. The van der Waals surface area contributed by atoms with E-state index >= 15 is 0 Å². The average Bonchev–Trinajstić information content (AvgIpc) is 3.00. The summed E-state index contributed by atoms with van der Waals surface area (Å²) in [5.74, 6) is 0.882. The van der Waals surface area contributed by atoms with Gasteiger partial charge in [-0.25, -0.2) is 0 Å². The largest absolute Gasteiger partial charge is 0.377 e. The van der Waals surface area contributed by atoms with Crippen molar-refractivity contribution in [3.63, 3.8) is 0 Å². The highest BCUT2D eigenvalue weighted by Gasteiger charge is 2.39. The van der Waals surface area contributed by atoms with E-state index in [2.05, 4.69) is 0 Å². The zero-order valence-electron chi connectivity index (χ0n) is 9.32. The molecule has 0 spiro atoms. The van der Waals surface area contributed by atoms with Crippen LogP contribution in [0.15, 0.2) is 0 Å². The quantitative estimate of drug-likeness (QED) is 0.735. The summed E-state index contributed by atoms with van der Waals surface area (Å²) in [6.07, 6.45) is 2.95. The van der Waals surface area contributed by atoms with Gasteiger partial charge in [0.2, 0.25) is 5.91 Å². The lowest BCUT2D eigenvalue weighted by Crippen LogP contribution is -2.50. The molecular weight excluding hydrogens is 192 g/mol. The molecule has 0 aromatic carbocycles. The predicted octanol–water partition coefficient (Wildman–Crippen LogP) is 0.361. The van der Waals surface area contributed by atoms with Gasteiger partial charge in [0.05, 0.1) is 19.3 Å². The molecule has 4 heteroatoms. The van der Waals surface area contributed by atoms with Crippen molar-refractivity contribution in [2.45, 2.75) is 38.3 Å². The second kappa shape index (κ2) is 4.49. The smallest absolute Gasteiger partial charge is 0.224 e. The van der Waals surface area contributed by atoms with Crippen molar-refractivity contribution < 1.29 is 9.53 Å². The van der Waals surface area contributed by atoms with E-state index in [0.29, 0.717) is 25.0 Å². The summed E-state index contributed by atoms with van der Waals surface area (Å²) in [6.45, 7) is 4.01. The lowest BCUT2D eigenvalue weighted by molar-refractivity contribution is -0.141. The van der Waals surface area contributed by atoms with Gasteiger partial charge in [0.1, 0.15) is 0 Å². The van der Waals surface area contributed by atoms with Crippen molar-refractivity contribution in [3.8, 4) is 0 Å². The fraction of sp³-hybridized carbons (Fsp3) is 0.909. The molecule has 15 heavy (non-hydrogen) atoms. The zero-order valence-corrected chi connectivity index (χ0v) is 9.32. The maximum Gasteiger partial charge on any atom is 0.224 e. The lowest BCUT2D eigenvalue weighted by Gasteiger charge is -2.36. The molecule has 1 saturated carbocycles. The van der Waals surface area contributed by atoms with Gasteiger partial charge in [-0.15, -0.1) is 0 Å². The standard InChI is InChI=1S/C11H20N2O2/c1-8(12)6-11(14)13-4-5-15-7-10(13)9-2-3-9/h8-10H,2-7,12H2,1H3. The van der Waals surface area contributed by atoms with E-state index < -0.39 is 0 Å². The Kier molecular flexibility index (Phi) is 3.26. The summed E-state index contributed by atoms with van der Waals surface area (Å²) in [7, 11) is 0. The highest BCUT2D eigenvalue weighted by molar-refractivity contribution is 5.77. The number of nitrogens with zero attached hydrogens (tertiary/aromatic N) is 1. The van der Waals surface area contributed by atoms with Gasteiger partial charge in [0.25, 0.3) is 0 Å². The molecule has 0 bridgehead atoms. The highest BCUT2D eigenvalue weighted by Crippen LogP contribution is 2.36. The average molecular weight is 212 g/mol. The van der Waals surface area contributed by atoms with Gasteiger partial charge in [-0.1, -0.05) is 0 Å². The van der Waals surface area contributed by atoms with Gasteiger partial charge in [-0.3, -0.25) is 4.79 Å². The van der Waals surface area contributed by atoms with Crippen LogP contribution >= 0.6 is 0 Å². The van der Waals surface area contributed by atoms with Gasteiger partial charge >= 0.3 is 0 Å². The first-order valence-electron chi connectivity index (χ1n) is 5.81. The summed E-state index contributed by atoms with van der Waals surface area (Å²) in [4.78, 5) is 13.9. The van der Waals surface area contributed by atoms with E-state index in [0.717, 1.165) is 13.2 Å². The normalized spacial score (nSPS) is 28.9. The summed E-state index contributed by atoms with van der Waals surface area (Å²) < 4.78 is 5.44. The molecular formula is C11H20N2O2. The second-order valence-corrected chi connectivity index (χ2v) is 4.75. The maximum absolute atomic E-state index is 11.9. The summed E-state index contributed by atoms with van der Waals surface area (Å²) >= 11 is 0. The van der Waals surface area contributed by atoms with Crippen LogP contribution in [0.25, 0.3) is 0 Å². The Hall–Kier alpha value is -0.610. The number of hydrogen-bond acceptors (Lipinski definition) is 3. The van der Waals surface area contributed by atoms with Crippen molar-refractivity contribution in [1.29, 1.82) is 0 Å². The van der Waals surface area contributed by atoms with E-state index in [9.17, 15) is 4.79 Å². The van der Waals surface area contributed by atoms with Crippen LogP contribution < -0.4 is 5.73 Å². The number of rotatable bonds is 3. The first-order valence-corrected chi connectivity index (χ1v) is 5.81. The number of nitrogens with two attached hydrogens (primary N) is 1. The molecule has 2 rings (SSSR count). The SMILES string of the molecule is CC(N)CC(=O)N1CCOCC1C1CC1. The first-order chi connectivity index (χ1) is 7.18. The highest BCUT2D eigenvalue weighted by atomic mass is 16.5. The molecule has 0 aromatic rings. The zero-order chi connectivity index (χ0) is 10.8. The Morgan fingerprint density at radius 2 is 2.33 bits per heavy atom. The van der Waals surface area contributed by atoms with Gasteiger partial charge in [0.15, 0.2) is 0 Å². The molecule has 2 atom stereocenters. The number of morpholine rings is 1. The molecule has 1 amide bonds. The molecule has 2 aliphatic rings. The monoisotopic (exact) mass is 212 g/mol. The molecule has 0 aromatic heterocycles. The molecule has 4 nitrogen and oxygen atoms in total. The molecule has 1 saturated heterocycles. The number of hydrogen-bond donors (Lipinski definition) is 1. The van der Waals surface area contributed by atoms with Crippen LogP contribution in [0.1, 0.15) is 26.2 Å². The topological polar surface area (TPSA) is 55.6 Å². The molecule has 2 unspecified atom stereocenters. The van der Waals surface area contributed by atoms with Gasteiger partial charge in [0, 0.05) is 19.0 Å². The third-order valence-electron chi connectivity index (χ3n) is 3.15. The number of carbonyl (C=O) groups excluding carboxylic acids is 1.